The number of amides is 1. The van der Waals surface area contributed by atoms with Crippen LogP contribution in [-0.4, -0.2) is 29.7 Å². The Balaban J connectivity index is 2.09. The molecular weight excluding hydrogens is 246 g/mol. The van der Waals surface area contributed by atoms with E-state index in [1.54, 1.807) is 30.3 Å². The summed E-state index contributed by atoms with van der Waals surface area (Å²) in [6.45, 7) is 2.37. The molecule has 19 heavy (non-hydrogen) atoms. The molecule has 5 nitrogen and oxygen atoms in total. The molecule has 1 amide bonds. The summed E-state index contributed by atoms with van der Waals surface area (Å²) in [6, 6.07) is 7.66. The summed E-state index contributed by atoms with van der Waals surface area (Å²) in [4.78, 5) is 23.4. The minimum atomic E-state index is -1.06. The van der Waals surface area contributed by atoms with Crippen LogP contribution in [0.25, 0.3) is 0 Å². The Morgan fingerprint density at radius 3 is 2.58 bits per heavy atom. The number of nitrogens with one attached hydrogen (secondary N) is 1. The van der Waals surface area contributed by atoms with Gasteiger partial charge < -0.3 is 15.2 Å². The predicted octanol–water partition coefficient (Wildman–Crippen LogP) is 1.35. The van der Waals surface area contributed by atoms with Crippen LogP contribution in [-0.2, 0) is 14.3 Å². The number of ether oxygens (including phenoxy) is 1. The first kappa shape index (κ1) is 13.5. The molecule has 1 aromatic carbocycles. The molecule has 5 heteroatoms. The van der Waals surface area contributed by atoms with Crippen LogP contribution in [0.5, 0.6) is 0 Å². The molecule has 1 aliphatic rings. The van der Waals surface area contributed by atoms with E-state index in [-0.39, 0.29) is 17.9 Å². The van der Waals surface area contributed by atoms with Crippen molar-refractivity contribution in [3.05, 3.63) is 35.9 Å². The lowest BCUT2D eigenvalue weighted by atomic mass is 10.00. The molecule has 1 fully saturated rings. The van der Waals surface area contributed by atoms with Crippen LogP contribution in [0.3, 0.4) is 0 Å². The molecule has 0 radical (unpaired) electrons. The Kier molecular flexibility index (Phi) is 4.16. The molecule has 1 aromatic rings. The Morgan fingerprint density at radius 2 is 2.05 bits per heavy atom. The van der Waals surface area contributed by atoms with Gasteiger partial charge in [0.25, 0.3) is 0 Å². The van der Waals surface area contributed by atoms with Crippen molar-refractivity contribution in [1.82, 2.24) is 5.32 Å². The second kappa shape index (κ2) is 5.84. The number of carboxylic acid groups (broad SMARTS) is 1. The summed E-state index contributed by atoms with van der Waals surface area (Å²) in [5.74, 6) is -1.60. The molecule has 0 aromatic heterocycles. The van der Waals surface area contributed by atoms with Gasteiger partial charge >= 0.3 is 5.97 Å². The highest BCUT2D eigenvalue weighted by Gasteiger charge is 2.33. The number of carboxylic acids is 1. The van der Waals surface area contributed by atoms with Gasteiger partial charge in [0.05, 0.1) is 12.0 Å². The van der Waals surface area contributed by atoms with E-state index < -0.39 is 12.0 Å². The smallest absolute Gasteiger partial charge is 0.330 e. The highest BCUT2D eigenvalue weighted by Crippen LogP contribution is 2.22. The van der Waals surface area contributed by atoms with E-state index in [0.717, 1.165) is 0 Å². The van der Waals surface area contributed by atoms with Crippen LogP contribution in [0, 0.1) is 5.92 Å². The first-order chi connectivity index (χ1) is 9.09. The van der Waals surface area contributed by atoms with Crippen LogP contribution >= 0.6 is 0 Å². The van der Waals surface area contributed by atoms with Gasteiger partial charge in [-0.05, 0) is 18.9 Å². The number of hydrogen-bond acceptors (Lipinski definition) is 3. The molecule has 1 heterocycles. The largest absolute Gasteiger partial charge is 0.479 e. The zero-order chi connectivity index (χ0) is 13.8. The average molecular weight is 263 g/mol. The Labute approximate surface area is 111 Å². The van der Waals surface area contributed by atoms with E-state index in [4.69, 9.17) is 4.74 Å². The van der Waals surface area contributed by atoms with E-state index >= 15 is 0 Å². The van der Waals surface area contributed by atoms with Crippen molar-refractivity contribution in [1.29, 1.82) is 0 Å². The quantitative estimate of drug-likeness (QED) is 0.860. The Bertz CT molecular complexity index is 460. The minimum Gasteiger partial charge on any atom is -0.479 e. The third-order valence-corrected chi connectivity index (χ3v) is 3.38. The van der Waals surface area contributed by atoms with Crippen LogP contribution in [0.15, 0.2) is 30.3 Å². The third kappa shape index (κ3) is 3.12. The van der Waals surface area contributed by atoms with Gasteiger partial charge in [0.2, 0.25) is 5.91 Å². The fraction of sp³-hybridized carbons (Fsp3) is 0.429. The summed E-state index contributed by atoms with van der Waals surface area (Å²) in [7, 11) is 0. The fourth-order valence-electron chi connectivity index (χ4n) is 2.26. The van der Waals surface area contributed by atoms with Gasteiger partial charge in [0.15, 0.2) is 6.04 Å². The molecule has 1 aliphatic heterocycles. The van der Waals surface area contributed by atoms with Crippen LogP contribution < -0.4 is 5.32 Å². The number of benzene rings is 1. The highest BCUT2D eigenvalue weighted by molar-refractivity contribution is 5.86. The fourth-order valence-corrected chi connectivity index (χ4v) is 2.26. The van der Waals surface area contributed by atoms with Crippen LogP contribution in [0.1, 0.15) is 24.9 Å². The number of hydrogen-bond donors (Lipinski definition) is 2. The summed E-state index contributed by atoms with van der Waals surface area (Å²) in [5.41, 5.74) is 0.565. The number of carbonyl (C=O) groups excluding carboxylic acids is 1. The lowest BCUT2D eigenvalue weighted by molar-refractivity contribution is -0.143. The lowest BCUT2D eigenvalue weighted by Gasteiger charge is -2.19. The molecule has 1 saturated heterocycles. The molecule has 0 aliphatic carbocycles. The van der Waals surface area contributed by atoms with Gasteiger partial charge in [-0.3, -0.25) is 4.79 Å². The van der Waals surface area contributed by atoms with Gasteiger partial charge in [0, 0.05) is 6.61 Å². The van der Waals surface area contributed by atoms with E-state index in [9.17, 15) is 14.7 Å². The van der Waals surface area contributed by atoms with Crippen molar-refractivity contribution in [3.8, 4) is 0 Å². The van der Waals surface area contributed by atoms with Crippen molar-refractivity contribution in [3.63, 3.8) is 0 Å². The number of aliphatic carboxylic acids is 1. The van der Waals surface area contributed by atoms with Crippen LogP contribution in [0.4, 0.5) is 0 Å². The third-order valence-electron chi connectivity index (χ3n) is 3.38. The van der Waals surface area contributed by atoms with Crippen LogP contribution in [0.2, 0.25) is 0 Å². The zero-order valence-corrected chi connectivity index (χ0v) is 10.7. The molecular formula is C14H17NO4. The maximum absolute atomic E-state index is 12.1. The van der Waals surface area contributed by atoms with E-state index in [1.807, 2.05) is 6.92 Å². The van der Waals surface area contributed by atoms with Crippen molar-refractivity contribution in [2.45, 2.75) is 25.5 Å². The summed E-state index contributed by atoms with van der Waals surface area (Å²) < 4.78 is 5.33. The summed E-state index contributed by atoms with van der Waals surface area (Å²) in [5, 5.41) is 11.8. The SMILES string of the molecule is CC1OCCC1C(=O)N[C@@H](C(=O)O)c1ccccc1. The minimum absolute atomic E-state index is 0.162. The van der Waals surface area contributed by atoms with E-state index in [0.29, 0.717) is 18.6 Å². The summed E-state index contributed by atoms with van der Waals surface area (Å²) >= 11 is 0. The first-order valence-electron chi connectivity index (χ1n) is 6.29. The monoisotopic (exact) mass is 263 g/mol. The first-order valence-corrected chi connectivity index (χ1v) is 6.29. The van der Waals surface area contributed by atoms with E-state index in [1.165, 1.54) is 0 Å². The standard InChI is InChI=1S/C14H17NO4/c1-9-11(7-8-19-9)13(16)15-12(14(17)18)10-5-3-2-4-6-10/h2-6,9,11-12H,7-8H2,1H3,(H,15,16)(H,17,18)/t9?,11?,12-/m1/s1. The normalized spacial score (nSPS) is 23.8. The number of rotatable bonds is 4. The second-order valence-corrected chi connectivity index (χ2v) is 4.66. The lowest BCUT2D eigenvalue weighted by Crippen LogP contribution is -2.39. The number of carbonyl (C=O) groups is 2. The second-order valence-electron chi connectivity index (χ2n) is 4.66. The molecule has 3 atom stereocenters. The maximum atomic E-state index is 12.1. The van der Waals surface area contributed by atoms with Gasteiger partial charge in [-0.25, -0.2) is 4.79 Å². The van der Waals surface area contributed by atoms with Gasteiger partial charge in [-0.1, -0.05) is 30.3 Å². The molecule has 102 valence electrons. The molecule has 0 bridgehead atoms. The van der Waals surface area contributed by atoms with Gasteiger partial charge in [0.1, 0.15) is 0 Å². The maximum Gasteiger partial charge on any atom is 0.330 e. The zero-order valence-electron chi connectivity index (χ0n) is 10.7. The van der Waals surface area contributed by atoms with Crippen molar-refractivity contribution >= 4 is 11.9 Å². The van der Waals surface area contributed by atoms with E-state index in [2.05, 4.69) is 5.32 Å². The topological polar surface area (TPSA) is 75.6 Å². The summed E-state index contributed by atoms with van der Waals surface area (Å²) in [6.07, 6.45) is 0.471. The van der Waals surface area contributed by atoms with Crippen molar-refractivity contribution < 1.29 is 19.4 Å². The molecule has 2 unspecified atom stereocenters. The van der Waals surface area contributed by atoms with Gasteiger partial charge in [-0.2, -0.15) is 0 Å². The average Bonchev–Trinajstić information content (AvgIpc) is 2.82. The molecule has 2 N–H and O–H groups in total. The highest BCUT2D eigenvalue weighted by atomic mass is 16.5. The predicted molar refractivity (Wildman–Crippen MR) is 68.5 cm³/mol. The Hall–Kier alpha value is -1.88. The van der Waals surface area contributed by atoms with Crippen molar-refractivity contribution in [2.24, 2.45) is 5.92 Å². The molecule has 2 rings (SSSR count). The molecule has 0 spiro atoms. The van der Waals surface area contributed by atoms with Gasteiger partial charge in [-0.15, -0.1) is 0 Å². The molecule has 0 saturated carbocycles. The van der Waals surface area contributed by atoms with Crippen molar-refractivity contribution in [2.75, 3.05) is 6.61 Å². The Morgan fingerprint density at radius 1 is 1.37 bits per heavy atom.